The Balaban J connectivity index is 2.49. The van der Waals surface area contributed by atoms with Gasteiger partial charge in [-0.15, -0.1) is 0 Å². The number of nitrogens with zero attached hydrogens (tertiary/aromatic N) is 1. The van der Waals surface area contributed by atoms with Crippen LogP contribution in [0, 0.1) is 0 Å². The lowest BCUT2D eigenvalue weighted by molar-refractivity contribution is -0.141. The summed E-state index contributed by atoms with van der Waals surface area (Å²) in [4.78, 5) is 14.7. The summed E-state index contributed by atoms with van der Waals surface area (Å²) in [5.41, 5.74) is 0.948. The first-order valence-electron chi connectivity index (χ1n) is 4.24. The number of esters is 1. The molecule has 0 aromatic carbocycles. The molecule has 0 bridgehead atoms. The Labute approximate surface area is 77.8 Å². The normalized spacial score (nSPS) is 12.2. The van der Waals surface area contributed by atoms with E-state index < -0.39 is 0 Å². The van der Waals surface area contributed by atoms with Gasteiger partial charge in [0.15, 0.2) is 0 Å². The molecule has 1 rings (SSSR count). The number of carbonyl (C=O) groups is 1. The van der Waals surface area contributed by atoms with Crippen LogP contribution in [-0.4, -0.2) is 17.6 Å². The van der Waals surface area contributed by atoms with Crippen LogP contribution in [-0.2, 0) is 9.53 Å². The van der Waals surface area contributed by atoms with Crippen LogP contribution in [0.25, 0.3) is 0 Å². The number of pyridine rings is 1. The van der Waals surface area contributed by atoms with E-state index in [1.807, 2.05) is 25.1 Å². The fraction of sp³-hybridized carbons (Fsp3) is 0.400. The van der Waals surface area contributed by atoms with Crippen molar-refractivity contribution < 1.29 is 9.53 Å². The fourth-order valence-electron chi connectivity index (χ4n) is 0.995. The van der Waals surface area contributed by atoms with Gasteiger partial charge in [-0.2, -0.15) is 0 Å². The van der Waals surface area contributed by atoms with Crippen LogP contribution in [0.2, 0.25) is 0 Å². The molecule has 70 valence electrons. The van der Waals surface area contributed by atoms with E-state index in [0.29, 0.717) is 6.61 Å². The predicted molar refractivity (Wildman–Crippen MR) is 49.3 cm³/mol. The molecule has 0 unspecified atom stereocenters. The van der Waals surface area contributed by atoms with E-state index in [1.54, 1.807) is 6.20 Å². The lowest BCUT2D eigenvalue weighted by atomic mass is 10.1. The molecular formula is C10H13NO2. The zero-order valence-corrected chi connectivity index (χ0v) is 7.86. The molecule has 0 aliphatic rings. The molecule has 0 saturated heterocycles. The third-order valence-corrected chi connectivity index (χ3v) is 1.73. The molecule has 0 radical (unpaired) electrons. The van der Waals surface area contributed by atoms with E-state index in [0.717, 1.165) is 5.69 Å². The van der Waals surface area contributed by atoms with E-state index in [1.165, 1.54) is 6.92 Å². The first kappa shape index (κ1) is 9.71. The van der Waals surface area contributed by atoms with Gasteiger partial charge in [0.05, 0.1) is 6.61 Å². The van der Waals surface area contributed by atoms with Gasteiger partial charge in [0, 0.05) is 24.7 Å². The highest BCUT2D eigenvalue weighted by Crippen LogP contribution is 2.11. The molecular weight excluding hydrogens is 166 g/mol. The molecule has 13 heavy (non-hydrogen) atoms. The van der Waals surface area contributed by atoms with Crippen molar-refractivity contribution in [3.05, 3.63) is 30.1 Å². The summed E-state index contributed by atoms with van der Waals surface area (Å²) < 4.78 is 4.88. The molecule has 0 fully saturated rings. The summed E-state index contributed by atoms with van der Waals surface area (Å²) >= 11 is 0. The van der Waals surface area contributed by atoms with Crippen LogP contribution in [0.1, 0.15) is 25.5 Å². The molecule has 0 saturated carbocycles. The van der Waals surface area contributed by atoms with E-state index in [-0.39, 0.29) is 11.9 Å². The summed E-state index contributed by atoms with van der Waals surface area (Å²) in [5.74, 6) is -0.0899. The summed E-state index contributed by atoms with van der Waals surface area (Å²) in [5, 5.41) is 0. The predicted octanol–water partition coefficient (Wildman–Crippen LogP) is 1.75. The lowest BCUT2D eigenvalue weighted by Crippen LogP contribution is -2.08. The monoisotopic (exact) mass is 179 g/mol. The Kier molecular flexibility index (Phi) is 3.43. The molecule has 3 heteroatoms. The summed E-state index contributed by atoms with van der Waals surface area (Å²) in [6, 6.07) is 5.71. The molecule has 3 nitrogen and oxygen atoms in total. The zero-order valence-electron chi connectivity index (χ0n) is 7.86. The first-order valence-corrected chi connectivity index (χ1v) is 4.24. The second-order valence-electron chi connectivity index (χ2n) is 2.96. The minimum atomic E-state index is -0.247. The average Bonchev–Trinajstić information content (AvgIpc) is 2.15. The van der Waals surface area contributed by atoms with E-state index in [9.17, 15) is 4.79 Å². The van der Waals surface area contributed by atoms with Gasteiger partial charge in [0.25, 0.3) is 0 Å². The largest absolute Gasteiger partial charge is 0.465 e. The standard InChI is InChI=1S/C10H13NO2/c1-8(7-13-9(2)12)10-5-3-4-6-11-10/h3-6,8H,7H2,1-2H3/t8-/m0/s1. The molecule has 1 aromatic rings. The van der Waals surface area contributed by atoms with E-state index >= 15 is 0 Å². The minimum Gasteiger partial charge on any atom is -0.465 e. The van der Waals surface area contributed by atoms with Gasteiger partial charge in [0.2, 0.25) is 0 Å². The van der Waals surface area contributed by atoms with Crippen molar-refractivity contribution in [2.75, 3.05) is 6.61 Å². The van der Waals surface area contributed by atoms with Gasteiger partial charge < -0.3 is 4.74 Å². The summed E-state index contributed by atoms with van der Waals surface area (Å²) in [6.45, 7) is 3.78. The number of rotatable bonds is 3. The topological polar surface area (TPSA) is 39.2 Å². The molecule has 1 aromatic heterocycles. The lowest BCUT2D eigenvalue weighted by Gasteiger charge is -2.09. The first-order chi connectivity index (χ1) is 6.20. The van der Waals surface area contributed by atoms with Crippen LogP contribution in [0.3, 0.4) is 0 Å². The Hall–Kier alpha value is -1.38. The molecule has 0 aliphatic carbocycles. The second kappa shape index (κ2) is 4.60. The fourth-order valence-corrected chi connectivity index (χ4v) is 0.995. The molecule has 0 N–H and O–H groups in total. The number of aromatic nitrogens is 1. The number of ether oxygens (including phenoxy) is 1. The van der Waals surface area contributed by atoms with Crippen molar-refractivity contribution in [3.8, 4) is 0 Å². The van der Waals surface area contributed by atoms with Crippen LogP contribution < -0.4 is 0 Å². The van der Waals surface area contributed by atoms with E-state index in [2.05, 4.69) is 4.98 Å². The summed E-state index contributed by atoms with van der Waals surface area (Å²) in [7, 11) is 0. The highest BCUT2D eigenvalue weighted by molar-refractivity contribution is 5.65. The van der Waals surface area contributed by atoms with Gasteiger partial charge in [0.1, 0.15) is 0 Å². The summed E-state index contributed by atoms with van der Waals surface area (Å²) in [6.07, 6.45) is 1.74. The molecule has 0 amide bonds. The molecule has 0 spiro atoms. The van der Waals surface area contributed by atoms with Crippen molar-refractivity contribution in [1.29, 1.82) is 0 Å². The molecule has 1 heterocycles. The highest BCUT2D eigenvalue weighted by atomic mass is 16.5. The van der Waals surface area contributed by atoms with Gasteiger partial charge in [-0.1, -0.05) is 13.0 Å². The van der Waals surface area contributed by atoms with Crippen LogP contribution >= 0.6 is 0 Å². The van der Waals surface area contributed by atoms with Crippen molar-refractivity contribution >= 4 is 5.97 Å². The average molecular weight is 179 g/mol. The maximum absolute atomic E-state index is 10.5. The molecule has 1 atom stereocenters. The third-order valence-electron chi connectivity index (χ3n) is 1.73. The van der Waals surface area contributed by atoms with Gasteiger partial charge in [-0.3, -0.25) is 9.78 Å². The quantitative estimate of drug-likeness (QED) is 0.663. The van der Waals surface area contributed by atoms with Crippen molar-refractivity contribution in [3.63, 3.8) is 0 Å². The van der Waals surface area contributed by atoms with Crippen LogP contribution in [0.15, 0.2) is 24.4 Å². The maximum atomic E-state index is 10.5. The maximum Gasteiger partial charge on any atom is 0.302 e. The number of carbonyl (C=O) groups excluding carboxylic acids is 1. The Morgan fingerprint density at radius 2 is 2.38 bits per heavy atom. The second-order valence-corrected chi connectivity index (χ2v) is 2.96. The molecule has 0 aliphatic heterocycles. The van der Waals surface area contributed by atoms with E-state index in [4.69, 9.17) is 4.74 Å². The van der Waals surface area contributed by atoms with Gasteiger partial charge >= 0.3 is 5.97 Å². The van der Waals surface area contributed by atoms with Crippen molar-refractivity contribution in [1.82, 2.24) is 4.98 Å². The van der Waals surface area contributed by atoms with Crippen LogP contribution in [0.5, 0.6) is 0 Å². The van der Waals surface area contributed by atoms with Crippen LogP contribution in [0.4, 0.5) is 0 Å². The minimum absolute atomic E-state index is 0.157. The highest BCUT2D eigenvalue weighted by Gasteiger charge is 2.07. The number of hydrogen-bond donors (Lipinski definition) is 0. The number of hydrogen-bond acceptors (Lipinski definition) is 3. The SMILES string of the molecule is CC(=O)OC[C@H](C)c1ccccn1. The van der Waals surface area contributed by atoms with Crippen molar-refractivity contribution in [2.45, 2.75) is 19.8 Å². The smallest absolute Gasteiger partial charge is 0.302 e. The van der Waals surface area contributed by atoms with Gasteiger partial charge in [-0.05, 0) is 12.1 Å². The third kappa shape index (κ3) is 3.23. The van der Waals surface area contributed by atoms with Gasteiger partial charge in [-0.25, -0.2) is 0 Å². The Morgan fingerprint density at radius 3 is 2.92 bits per heavy atom. The Bertz CT molecular complexity index is 272. The van der Waals surface area contributed by atoms with Crippen molar-refractivity contribution in [2.24, 2.45) is 0 Å². The Morgan fingerprint density at radius 1 is 1.62 bits per heavy atom. The zero-order chi connectivity index (χ0) is 9.68.